The lowest BCUT2D eigenvalue weighted by Crippen LogP contribution is -2.21. The second kappa shape index (κ2) is 9.05. The van der Waals surface area contributed by atoms with E-state index >= 15 is 0 Å². The Kier molecular flexibility index (Phi) is 6.36. The van der Waals surface area contributed by atoms with Gasteiger partial charge in [-0.05, 0) is 49.4 Å². The maximum atomic E-state index is 12.6. The van der Waals surface area contributed by atoms with Crippen LogP contribution < -0.4 is 14.8 Å². The summed E-state index contributed by atoms with van der Waals surface area (Å²) < 4.78 is 34.7. The average Bonchev–Trinajstić information content (AvgIpc) is 3.35. The van der Waals surface area contributed by atoms with E-state index in [0.717, 1.165) is 25.3 Å². The zero-order chi connectivity index (χ0) is 22.9. The molecule has 10 heteroatoms. The van der Waals surface area contributed by atoms with E-state index in [2.05, 4.69) is 15.0 Å². The van der Waals surface area contributed by atoms with Gasteiger partial charge in [0.2, 0.25) is 10.0 Å². The minimum atomic E-state index is -3.42. The molecular weight excluding hydrogens is 466 g/mol. The number of thiazole rings is 1. The van der Waals surface area contributed by atoms with E-state index in [1.54, 1.807) is 54.7 Å². The average molecular weight is 490 g/mol. The summed E-state index contributed by atoms with van der Waals surface area (Å²) in [6.45, 7) is 5.37. The summed E-state index contributed by atoms with van der Waals surface area (Å²) >= 11 is 3.19. The summed E-state index contributed by atoms with van der Waals surface area (Å²) in [6, 6.07) is 9.00. The summed E-state index contributed by atoms with van der Waals surface area (Å²) in [5.74, 6) is 0.355. The topological polar surface area (TPSA) is 97.4 Å². The number of thiophene rings is 1. The Morgan fingerprint density at radius 2 is 1.97 bits per heavy atom. The van der Waals surface area contributed by atoms with E-state index in [1.165, 1.54) is 0 Å². The van der Waals surface area contributed by atoms with Gasteiger partial charge >= 0.3 is 0 Å². The van der Waals surface area contributed by atoms with Gasteiger partial charge in [-0.15, -0.1) is 22.7 Å². The number of aromatic nitrogens is 1. The molecule has 2 heterocycles. The fourth-order valence-corrected chi connectivity index (χ4v) is 6.43. The highest BCUT2D eigenvalue weighted by Gasteiger charge is 2.16. The Morgan fingerprint density at radius 1 is 1.19 bits per heavy atom. The third kappa shape index (κ3) is 4.72. The van der Waals surface area contributed by atoms with E-state index in [-0.39, 0.29) is 18.3 Å². The van der Waals surface area contributed by atoms with Gasteiger partial charge in [0.1, 0.15) is 5.75 Å². The third-order valence-corrected chi connectivity index (χ3v) is 8.19. The van der Waals surface area contributed by atoms with Crippen LogP contribution in [0.5, 0.6) is 5.75 Å². The second-order valence-electron chi connectivity index (χ2n) is 7.35. The predicted molar refractivity (Wildman–Crippen MR) is 133 cm³/mol. The molecule has 0 aliphatic carbocycles. The van der Waals surface area contributed by atoms with E-state index in [9.17, 15) is 13.2 Å². The number of nitrogens with zero attached hydrogens (tertiary/aromatic N) is 1. The maximum absolute atomic E-state index is 12.6. The summed E-state index contributed by atoms with van der Waals surface area (Å²) in [7, 11) is -3.42. The first-order chi connectivity index (χ1) is 15.3. The number of carbonyl (C=O) groups is 1. The molecule has 0 aliphatic rings. The number of amides is 1. The molecule has 0 saturated heterocycles. The van der Waals surface area contributed by atoms with Crippen LogP contribution >= 0.6 is 22.7 Å². The zero-order valence-electron chi connectivity index (χ0n) is 17.9. The number of carbonyl (C=O) groups excluding carboxylic acids is 1. The SMILES string of the molecule is CCCS(=O)(=O)Nc1cccc(NC(=O)COc2cc3sc(C)nc3c3sccc23)c1C. The number of anilines is 2. The minimum Gasteiger partial charge on any atom is -0.483 e. The summed E-state index contributed by atoms with van der Waals surface area (Å²) in [5, 5.41) is 6.72. The molecule has 32 heavy (non-hydrogen) atoms. The van der Waals surface area contributed by atoms with Crippen molar-refractivity contribution in [3.8, 4) is 5.75 Å². The molecule has 168 valence electrons. The molecule has 4 rings (SSSR count). The fourth-order valence-electron chi connectivity index (χ4n) is 3.40. The van der Waals surface area contributed by atoms with Gasteiger partial charge in [0.15, 0.2) is 6.61 Å². The quantitative estimate of drug-likeness (QED) is 0.350. The molecule has 2 aromatic carbocycles. The molecule has 1 amide bonds. The number of aryl methyl sites for hydroxylation is 1. The number of fused-ring (bicyclic) bond motifs is 3. The highest BCUT2D eigenvalue weighted by atomic mass is 32.2. The molecular formula is C22H23N3O4S3. The fraction of sp³-hybridized carbons (Fsp3) is 0.273. The van der Waals surface area contributed by atoms with Gasteiger partial charge in [-0.25, -0.2) is 13.4 Å². The molecule has 0 saturated carbocycles. The van der Waals surface area contributed by atoms with Crippen LogP contribution in [0.15, 0.2) is 35.7 Å². The van der Waals surface area contributed by atoms with E-state index < -0.39 is 10.0 Å². The van der Waals surface area contributed by atoms with E-state index in [0.29, 0.717) is 29.1 Å². The second-order valence-corrected chi connectivity index (χ2v) is 11.3. The molecule has 0 spiro atoms. The van der Waals surface area contributed by atoms with Crippen LogP contribution in [0.2, 0.25) is 0 Å². The Balaban J connectivity index is 1.49. The van der Waals surface area contributed by atoms with Crippen molar-refractivity contribution in [3.63, 3.8) is 0 Å². The first kappa shape index (κ1) is 22.5. The summed E-state index contributed by atoms with van der Waals surface area (Å²) in [6.07, 6.45) is 0.520. The van der Waals surface area contributed by atoms with Crippen LogP contribution in [0.25, 0.3) is 20.3 Å². The van der Waals surface area contributed by atoms with E-state index in [1.807, 2.05) is 24.4 Å². The van der Waals surface area contributed by atoms with Gasteiger partial charge < -0.3 is 10.1 Å². The van der Waals surface area contributed by atoms with Crippen LogP contribution in [0, 0.1) is 13.8 Å². The number of sulfonamides is 1. The van der Waals surface area contributed by atoms with Gasteiger partial charge in [0.25, 0.3) is 5.91 Å². The third-order valence-electron chi connectivity index (χ3n) is 4.87. The number of nitrogens with one attached hydrogen (secondary N) is 2. The van der Waals surface area contributed by atoms with Gasteiger partial charge in [-0.1, -0.05) is 13.0 Å². The maximum Gasteiger partial charge on any atom is 0.262 e. The molecule has 7 nitrogen and oxygen atoms in total. The monoisotopic (exact) mass is 489 g/mol. The molecule has 0 bridgehead atoms. The molecule has 0 aliphatic heterocycles. The van der Waals surface area contributed by atoms with Crippen LogP contribution in [0.3, 0.4) is 0 Å². The molecule has 0 unspecified atom stereocenters. The smallest absolute Gasteiger partial charge is 0.262 e. The van der Waals surface area contributed by atoms with Gasteiger partial charge in [0.05, 0.1) is 31.4 Å². The van der Waals surface area contributed by atoms with Crippen molar-refractivity contribution in [2.75, 3.05) is 22.4 Å². The Bertz CT molecular complexity index is 1410. The summed E-state index contributed by atoms with van der Waals surface area (Å²) in [4.78, 5) is 17.2. The van der Waals surface area contributed by atoms with Crippen molar-refractivity contribution in [3.05, 3.63) is 46.3 Å². The Morgan fingerprint density at radius 3 is 2.75 bits per heavy atom. The largest absolute Gasteiger partial charge is 0.483 e. The van der Waals surface area contributed by atoms with Crippen molar-refractivity contribution in [2.45, 2.75) is 27.2 Å². The lowest BCUT2D eigenvalue weighted by Gasteiger charge is -2.14. The van der Waals surface area contributed by atoms with E-state index in [4.69, 9.17) is 4.74 Å². The van der Waals surface area contributed by atoms with Gasteiger partial charge in [-0.2, -0.15) is 0 Å². The van der Waals surface area contributed by atoms with Crippen LogP contribution in [-0.2, 0) is 14.8 Å². The Labute approximate surface area is 194 Å². The predicted octanol–water partition coefficient (Wildman–Crippen LogP) is 5.30. The van der Waals surface area contributed by atoms with Crippen LogP contribution in [-0.4, -0.2) is 31.7 Å². The van der Waals surface area contributed by atoms with Gasteiger partial charge in [-0.3, -0.25) is 9.52 Å². The van der Waals surface area contributed by atoms with Gasteiger partial charge in [0, 0.05) is 17.1 Å². The van der Waals surface area contributed by atoms with Crippen molar-refractivity contribution >= 4 is 70.3 Å². The Hall–Kier alpha value is -2.69. The minimum absolute atomic E-state index is 0.0392. The molecule has 4 aromatic rings. The van der Waals surface area contributed by atoms with Crippen LogP contribution in [0.4, 0.5) is 11.4 Å². The first-order valence-corrected chi connectivity index (χ1v) is 13.4. The highest BCUT2D eigenvalue weighted by molar-refractivity contribution is 7.92. The first-order valence-electron chi connectivity index (χ1n) is 10.1. The number of benzene rings is 2. The van der Waals surface area contributed by atoms with Crippen LogP contribution in [0.1, 0.15) is 23.9 Å². The lowest BCUT2D eigenvalue weighted by atomic mass is 10.1. The molecule has 0 fully saturated rings. The molecule has 2 aromatic heterocycles. The standard InChI is InChI=1S/C22H23N3O4S3/c1-4-10-32(27,28)25-17-7-5-6-16(13(17)2)24-20(26)12-29-18-11-19-21(23-14(3)31-19)22-15(18)8-9-30-22/h5-9,11,25H,4,10,12H2,1-3H3,(H,24,26). The lowest BCUT2D eigenvalue weighted by molar-refractivity contribution is -0.118. The normalized spacial score (nSPS) is 11.7. The van der Waals surface area contributed by atoms with Crippen molar-refractivity contribution in [2.24, 2.45) is 0 Å². The van der Waals surface area contributed by atoms with Crippen molar-refractivity contribution in [1.29, 1.82) is 0 Å². The zero-order valence-corrected chi connectivity index (χ0v) is 20.3. The highest BCUT2D eigenvalue weighted by Crippen LogP contribution is 2.38. The number of rotatable bonds is 8. The summed E-state index contributed by atoms with van der Waals surface area (Å²) in [5.41, 5.74) is 2.59. The van der Waals surface area contributed by atoms with Crippen molar-refractivity contribution in [1.82, 2.24) is 4.98 Å². The molecule has 2 N–H and O–H groups in total. The molecule has 0 atom stereocenters. The number of hydrogen-bond donors (Lipinski definition) is 2. The van der Waals surface area contributed by atoms with Crippen molar-refractivity contribution < 1.29 is 17.9 Å². The number of ether oxygens (including phenoxy) is 1. The molecule has 0 radical (unpaired) electrons. The number of hydrogen-bond acceptors (Lipinski definition) is 7.